The Morgan fingerprint density at radius 1 is 1.38 bits per heavy atom. The monoisotopic (exact) mass is 302 g/mol. The second kappa shape index (κ2) is 6.43. The van der Waals surface area contributed by atoms with Crippen LogP contribution in [0.1, 0.15) is 11.1 Å². The zero-order valence-corrected chi connectivity index (χ0v) is 13.2. The topological polar surface area (TPSA) is 57.4 Å². The van der Waals surface area contributed by atoms with Gasteiger partial charge in [-0.05, 0) is 30.5 Å². The van der Waals surface area contributed by atoms with E-state index in [2.05, 4.69) is 46.2 Å². The van der Waals surface area contributed by atoms with Gasteiger partial charge in [-0.15, -0.1) is 0 Å². The maximum absolute atomic E-state index is 6.09. The van der Waals surface area contributed by atoms with Gasteiger partial charge < -0.3 is 15.6 Å². The molecular weight excluding hydrogens is 280 g/mol. The molecule has 4 nitrogen and oxygen atoms in total. The van der Waals surface area contributed by atoms with Crippen molar-refractivity contribution in [2.75, 3.05) is 31.1 Å². The number of aryl methyl sites for hydroxylation is 1. The zero-order chi connectivity index (χ0) is 14.7. The molecule has 0 spiro atoms. The first-order chi connectivity index (χ1) is 10.3. The van der Waals surface area contributed by atoms with Crippen molar-refractivity contribution in [3.63, 3.8) is 0 Å². The summed E-state index contributed by atoms with van der Waals surface area (Å²) in [5, 5.41) is 1.33. The first-order valence-electron chi connectivity index (χ1n) is 7.44. The maximum atomic E-state index is 6.09. The number of hydrogen-bond donors (Lipinski definition) is 2. The minimum atomic E-state index is 0.701. The van der Waals surface area contributed by atoms with Crippen LogP contribution in [0.2, 0.25) is 0 Å². The number of H-pyrrole nitrogens is 1. The molecule has 0 saturated carbocycles. The van der Waals surface area contributed by atoms with Gasteiger partial charge in [0, 0.05) is 48.2 Å². The number of fused-ring (bicyclic) bond motifs is 1. The molecule has 5 heteroatoms. The summed E-state index contributed by atoms with van der Waals surface area (Å²) in [6, 6.07) is 6.36. The number of aliphatic imine (C=N–C) groups is 1. The first-order valence-corrected chi connectivity index (χ1v) is 8.59. The van der Waals surface area contributed by atoms with Crippen LogP contribution in [0.3, 0.4) is 0 Å². The number of guanidine groups is 1. The molecule has 0 aliphatic carbocycles. The molecule has 1 aromatic heterocycles. The minimum Gasteiger partial charge on any atom is -0.370 e. The van der Waals surface area contributed by atoms with Crippen LogP contribution < -0.4 is 5.73 Å². The Hall–Kier alpha value is -1.62. The lowest BCUT2D eigenvalue weighted by molar-refractivity contribution is 0.456. The van der Waals surface area contributed by atoms with Crippen molar-refractivity contribution in [1.82, 2.24) is 9.88 Å². The first kappa shape index (κ1) is 14.3. The van der Waals surface area contributed by atoms with E-state index in [4.69, 9.17) is 5.73 Å². The predicted octanol–water partition coefficient (Wildman–Crippen LogP) is 2.38. The van der Waals surface area contributed by atoms with Crippen LogP contribution in [0.25, 0.3) is 10.9 Å². The largest absolute Gasteiger partial charge is 0.370 e. The lowest BCUT2D eigenvalue weighted by Crippen LogP contribution is -2.42. The van der Waals surface area contributed by atoms with Crippen LogP contribution in [0.15, 0.2) is 29.4 Å². The zero-order valence-electron chi connectivity index (χ0n) is 12.4. The van der Waals surface area contributed by atoms with Gasteiger partial charge in [0.05, 0.1) is 0 Å². The highest BCUT2D eigenvalue weighted by Gasteiger charge is 2.12. The highest BCUT2D eigenvalue weighted by molar-refractivity contribution is 7.99. The Morgan fingerprint density at radius 2 is 2.19 bits per heavy atom. The van der Waals surface area contributed by atoms with Crippen LogP contribution in [0.5, 0.6) is 0 Å². The molecule has 0 atom stereocenters. The Kier molecular flexibility index (Phi) is 4.39. The average molecular weight is 302 g/mol. The molecule has 1 aliphatic heterocycles. The van der Waals surface area contributed by atoms with Crippen LogP contribution in [0.4, 0.5) is 0 Å². The fourth-order valence-electron chi connectivity index (χ4n) is 2.83. The standard InChI is InChI=1S/C16H22N4S/c1-12-3-2-4-14-15(12)13(11-19-14)5-6-18-16(17)20-7-9-21-10-8-20/h2-4,11,19H,5-10H2,1H3,(H2,17,18). The normalized spacial score (nSPS) is 16.6. The van der Waals surface area contributed by atoms with Crippen LogP contribution in [-0.2, 0) is 6.42 Å². The number of hydrogen-bond acceptors (Lipinski definition) is 2. The highest BCUT2D eigenvalue weighted by Crippen LogP contribution is 2.22. The summed E-state index contributed by atoms with van der Waals surface area (Å²) < 4.78 is 0. The Morgan fingerprint density at radius 3 is 3.00 bits per heavy atom. The van der Waals surface area contributed by atoms with Crippen LogP contribution in [-0.4, -0.2) is 47.0 Å². The summed E-state index contributed by atoms with van der Waals surface area (Å²) in [6.07, 6.45) is 3.02. The van der Waals surface area contributed by atoms with E-state index < -0.39 is 0 Å². The molecule has 0 radical (unpaired) electrons. The summed E-state index contributed by atoms with van der Waals surface area (Å²) in [5.74, 6) is 3.00. The number of rotatable bonds is 3. The maximum Gasteiger partial charge on any atom is 0.191 e. The molecule has 0 unspecified atom stereocenters. The molecule has 1 aromatic carbocycles. The average Bonchev–Trinajstić information content (AvgIpc) is 2.93. The van der Waals surface area contributed by atoms with Gasteiger partial charge in [0.25, 0.3) is 0 Å². The smallest absolute Gasteiger partial charge is 0.191 e. The molecule has 1 aliphatic rings. The van der Waals surface area contributed by atoms with Crippen molar-refractivity contribution >= 4 is 28.6 Å². The highest BCUT2D eigenvalue weighted by atomic mass is 32.2. The number of aromatic nitrogens is 1. The fraction of sp³-hybridized carbons (Fsp3) is 0.438. The molecular formula is C16H22N4S. The van der Waals surface area contributed by atoms with Crippen molar-refractivity contribution in [3.8, 4) is 0 Å². The molecule has 112 valence electrons. The van der Waals surface area contributed by atoms with E-state index in [1.807, 2.05) is 11.8 Å². The number of nitrogens with two attached hydrogens (primary N) is 1. The van der Waals surface area contributed by atoms with E-state index in [0.29, 0.717) is 5.96 Å². The summed E-state index contributed by atoms with van der Waals surface area (Å²) >= 11 is 1.98. The van der Waals surface area contributed by atoms with Crippen LogP contribution in [0, 0.1) is 6.92 Å². The van der Waals surface area contributed by atoms with Crippen LogP contribution >= 0.6 is 11.8 Å². The van der Waals surface area contributed by atoms with Crippen molar-refractivity contribution in [1.29, 1.82) is 0 Å². The van der Waals surface area contributed by atoms with Crippen molar-refractivity contribution in [2.24, 2.45) is 10.7 Å². The predicted molar refractivity (Wildman–Crippen MR) is 92.1 cm³/mol. The summed E-state index contributed by atoms with van der Waals surface area (Å²) in [5.41, 5.74) is 9.93. The van der Waals surface area contributed by atoms with Gasteiger partial charge in [-0.25, -0.2) is 0 Å². The Balaban J connectivity index is 1.66. The summed E-state index contributed by atoms with van der Waals surface area (Å²) in [6.45, 7) is 4.94. The molecule has 21 heavy (non-hydrogen) atoms. The third-order valence-corrected chi connectivity index (χ3v) is 4.93. The molecule has 1 fully saturated rings. The second-order valence-electron chi connectivity index (χ2n) is 5.40. The van der Waals surface area contributed by atoms with Crippen molar-refractivity contribution in [3.05, 3.63) is 35.5 Å². The fourth-order valence-corrected chi connectivity index (χ4v) is 3.73. The van der Waals surface area contributed by atoms with Gasteiger partial charge in [0.1, 0.15) is 0 Å². The number of aromatic amines is 1. The number of benzene rings is 1. The van der Waals surface area contributed by atoms with E-state index in [-0.39, 0.29) is 0 Å². The van der Waals surface area contributed by atoms with Gasteiger partial charge in [0.2, 0.25) is 0 Å². The number of nitrogens with one attached hydrogen (secondary N) is 1. The van der Waals surface area contributed by atoms with E-state index in [1.54, 1.807) is 0 Å². The molecule has 3 rings (SSSR count). The second-order valence-corrected chi connectivity index (χ2v) is 6.63. The third-order valence-electron chi connectivity index (χ3n) is 3.99. The minimum absolute atomic E-state index is 0.701. The molecule has 2 aromatic rings. The molecule has 0 amide bonds. The SMILES string of the molecule is Cc1cccc2[nH]cc(CCN=C(N)N3CCSCC3)c12. The quantitative estimate of drug-likeness (QED) is 0.676. The Bertz CT molecular complexity index is 641. The van der Waals surface area contributed by atoms with E-state index in [9.17, 15) is 0 Å². The van der Waals surface area contributed by atoms with Gasteiger partial charge >= 0.3 is 0 Å². The molecule has 3 N–H and O–H groups in total. The Labute approximate surface area is 129 Å². The third kappa shape index (κ3) is 3.18. The number of nitrogens with zero attached hydrogens (tertiary/aromatic N) is 2. The van der Waals surface area contributed by atoms with Gasteiger partial charge in [-0.1, -0.05) is 12.1 Å². The van der Waals surface area contributed by atoms with E-state index in [1.165, 1.54) is 22.0 Å². The summed E-state index contributed by atoms with van der Waals surface area (Å²) in [7, 11) is 0. The molecule has 2 heterocycles. The molecule has 0 bridgehead atoms. The molecule has 1 saturated heterocycles. The van der Waals surface area contributed by atoms with Crippen molar-refractivity contribution in [2.45, 2.75) is 13.3 Å². The van der Waals surface area contributed by atoms with Gasteiger partial charge in [-0.3, -0.25) is 4.99 Å². The van der Waals surface area contributed by atoms with E-state index >= 15 is 0 Å². The lowest BCUT2D eigenvalue weighted by Gasteiger charge is -2.27. The van der Waals surface area contributed by atoms with Gasteiger partial charge in [-0.2, -0.15) is 11.8 Å². The summed E-state index contributed by atoms with van der Waals surface area (Å²) in [4.78, 5) is 10.1. The van der Waals surface area contributed by atoms with E-state index in [0.717, 1.165) is 37.6 Å². The van der Waals surface area contributed by atoms with Gasteiger partial charge in [0.15, 0.2) is 5.96 Å². The lowest BCUT2D eigenvalue weighted by atomic mass is 10.1. The van der Waals surface area contributed by atoms with Crippen molar-refractivity contribution < 1.29 is 0 Å². The number of thioether (sulfide) groups is 1.